The normalized spacial score (nSPS) is 19.6. The molecule has 4 heteroatoms. The molecular formula is C23H25N3O. The Morgan fingerprint density at radius 3 is 2.63 bits per heavy atom. The molecule has 3 heterocycles. The van der Waals surface area contributed by atoms with E-state index >= 15 is 0 Å². The highest BCUT2D eigenvalue weighted by Gasteiger charge is 2.47. The summed E-state index contributed by atoms with van der Waals surface area (Å²) in [6.07, 6.45) is 7.13. The Balaban J connectivity index is 1.84. The number of rotatable bonds is 1. The molecule has 2 aromatic heterocycles. The summed E-state index contributed by atoms with van der Waals surface area (Å²) >= 11 is 0. The second-order valence-electron chi connectivity index (χ2n) is 8.96. The van der Waals surface area contributed by atoms with Crippen molar-refractivity contribution in [3.8, 4) is 11.1 Å². The maximum atomic E-state index is 13.2. The Labute approximate surface area is 159 Å². The number of aromatic amines is 1. The number of pyridine rings is 1. The number of H-pyrrole nitrogens is 1. The van der Waals surface area contributed by atoms with Crippen molar-refractivity contribution in [1.82, 2.24) is 9.97 Å². The number of hydrogen-bond acceptors (Lipinski definition) is 3. The number of carbonyl (C=O) groups excluding carboxylic acids is 1. The molecule has 0 saturated carbocycles. The number of ketones is 1. The lowest BCUT2D eigenvalue weighted by Gasteiger charge is -2.43. The van der Waals surface area contributed by atoms with Gasteiger partial charge in [0, 0.05) is 23.6 Å². The fourth-order valence-corrected chi connectivity index (χ4v) is 5.12. The molecular weight excluding hydrogens is 334 g/mol. The number of Topliss-reactive ketones (excluding diaryl/α,β-unsaturated/α-hetero) is 1. The zero-order valence-corrected chi connectivity index (χ0v) is 16.4. The minimum Gasteiger partial charge on any atom is -0.373 e. The minimum atomic E-state index is -0.544. The van der Waals surface area contributed by atoms with E-state index in [4.69, 9.17) is 0 Å². The zero-order valence-electron chi connectivity index (χ0n) is 16.4. The fraction of sp³-hybridized carbons (Fsp3) is 0.391. The lowest BCUT2D eigenvalue weighted by Crippen LogP contribution is -2.53. The van der Waals surface area contributed by atoms with Gasteiger partial charge in [0.25, 0.3) is 0 Å². The Bertz CT molecular complexity index is 1100. The summed E-state index contributed by atoms with van der Waals surface area (Å²) in [6.45, 7) is 8.14. The van der Waals surface area contributed by atoms with Crippen molar-refractivity contribution in [2.24, 2.45) is 0 Å². The van der Waals surface area contributed by atoms with Crippen LogP contribution < -0.4 is 5.32 Å². The molecule has 2 N–H and O–H groups in total. The molecule has 1 aromatic carbocycles. The molecule has 0 saturated heterocycles. The quantitative estimate of drug-likeness (QED) is 0.658. The number of aromatic nitrogens is 2. The highest BCUT2D eigenvalue weighted by molar-refractivity contribution is 6.04. The van der Waals surface area contributed by atoms with Crippen molar-refractivity contribution < 1.29 is 4.79 Å². The van der Waals surface area contributed by atoms with Gasteiger partial charge in [0.2, 0.25) is 0 Å². The Hall–Kier alpha value is -2.62. The van der Waals surface area contributed by atoms with Crippen LogP contribution in [-0.2, 0) is 23.1 Å². The van der Waals surface area contributed by atoms with Crippen molar-refractivity contribution in [1.29, 1.82) is 0 Å². The lowest BCUT2D eigenvalue weighted by atomic mass is 9.68. The van der Waals surface area contributed by atoms with Gasteiger partial charge in [-0.3, -0.25) is 9.78 Å². The van der Waals surface area contributed by atoms with Gasteiger partial charge in [0.05, 0.1) is 22.0 Å². The van der Waals surface area contributed by atoms with E-state index in [1.54, 1.807) is 0 Å². The standard InChI is InChI=1S/C23H25N3O/c1-22(2)17-12-16(15-8-10-24-18-9-11-25-20(15)18)13-6-5-7-14(13)19(17)26-23(3,4)21(22)27/h8-12,25-26H,5-7H2,1-4H3. The summed E-state index contributed by atoms with van der Waals surface area (Å²) in [4.78, 5) is 21.0. The summed E-state index contributed by atoms with van der Waals surface area (Å²) in [7, 11) is 0. The van der Waals surface area contributed by atoms with E-state index < -0.39 is 11.0 Å². The predicted molar refractivity (Wildman–Crippen MR) is 109 cm³/mol. The van der Waals surface area contributed by atoms with Crippen LogP contribution >= 0.6 is 0 Å². The maximum Gasteiger partial charge on any atom is 0.167 e. The minimum absolute atomic E-state index is 0.242. The number of nitrogens with zero attached hydrogens (tertiary/aromatic N) is 1. The van der Waals surface area contributed by atoms with Crippen LogP contribution in [0.3, 0.4) is 0 Å². The highest BCUT2D eigenvalue weighted by atomic mass is 16.1. The first-order valence-electron chi connectivity index (χ1n) is 9.75. The Kier molecular flexibility index (Phi) is 3.20. The molecule has 2 aliphatic rings. The molecule has 138 valence electrons. The zero-order chi connectivity index (χ0) is 19.0. The first kappa shape index (κ1) is 16.5. The summed E-state index contributed by atoms with van der Waals surface area (Å²) in [5.41, 5.74) is 8.55. The smallest absolute Gasteiger partial charge is 0.167 e. The average molecular weight is 359 g/mol. The number of anilines is 1. The second-order valence-corrected chi connectivity index (χ2v) is 8.96. The topological polar surface area (TPSA) is 57.8 Å². The van der Waals surface area contributed by atoms with Gasteiger partial charge < -0.3 is 10.3 Å². The van der Waals surface area contributed by atoms with Crippen LogP contribution in [0.2, 0.25) is 0 Å². The molecule has 27 heavy (non-hydrogen) atoms. The summed E-state index contributed by atoms with van der Waals surface area (Å²) in [5, 5.41) is 3.58. The maximum absolute atomic E-state index is 13.2. The van der Waals surface area contributed by atoms with Crippen LogP contribution in [-0.4, -0.2) is 21.3 Å². The van der Waals surface area contributed by atoms with Crippen molar-refractivity contribution >= 4 is 22.5 Å². The number of benzene rings is 1. The molecule has 1 aliphatic heterocycles. The third kappa shape index (κ3) is 2.16. The largest absolute Gasteiger partial charge is 0.373 e. The summed E-state index contributed by atoms with van der Waals surface area (Å²) in [5.74, 6) is 0.242. The van der Waals surface area contributed by atoms with Crippen LogP contribution in [0.15, 0.2) is 30.6 Å². The molecule has 0 fully saturated rings. The molecule has 3 aromatic rings. The monoisotopic (exact) mass is 359 g/mol. The highest BCUT2D eigenvalue weighted by Crippen LogP contribution is 2.48. The van der Waals surface area contributed by atoms with Crippen LogP contribution in [0.4, 0.5) is 5.69 Å². The number of carbonyl (C=O) groups is 1. The van der Waals surface area contributed by atoms with E-state index in [1.165, 1.54) is 27.9 Å². The first-order chi connectivity index (χ1) is 12.8. The number of hydrogen-bond donors (Lipinski definition) is 2. The molecule has 0 unspecified atom stereocenters. The van der Waals surface area contributed by atoms with Crippen molar-refractivity contribution in [2.75, 3.05) is 5.32 Å². The van der Waals surface area contributed by atoms with Gasteiger partial charge in [0.15, 0.2) is 5.78 Å². The van der Waals surface area contributed by atoms with Gasteiger partial charge >= 0.3 is 0 Å². The van der Waals surface area contributed by atoms with Gasteiger partial charge in [-0.2, -0.15) is 0 Å². The summed E-state index contributed by atoms with van der Waals surface area (Å²) < 4.78 is 0. The first-order valence-corrected chi connectivity index (χ1v) is 9.75. The van der Waals surface area contributed by atoms with Crippen LogP contribution in [0, 0.1) is 0 Å². The SMILES string of the molecule is CC1(C)Nc2c(cc(-c3ccnc4cc[nH]c34)c3c2CCC3)C(C)(C)C1=O. The van der Waals surface area contributed by atoms with Gasteiger partial charge in [-0.1, -0.05) is 0 Å². The van der Waals surface area contributed by atoms with Gasteiger partial charge in [-0.05, 0) is 87.4 Å². The number of nitrogens with one attached hydrogen (secondary N) is 2. The van der Waals surface area contributed by atoms with E-state index in [0.29, 0.717) is 0 Å². The molecule has 0 amide bonds. The predicted octanol–water partition coefficient (Wildman–Crippen LogP) is 4.77. The van der Waals surface area contributed by atoms with E-state index in [1.807, 2.05) is 32.3 Å². The molecule has 0 atom stereocenters. The lowest BCUT2D eigenvalue weighted by molar-refractivity contribution is -0.127. The van der Waals surface area contributed by atoms with Gasteiger partial charge in [-0.25, -0.2) is 0 Å². The molecule has 0 radical (unpaired) electrons. The molecule has 0 spiro atoms. The van der Waals surface area contributed by atoms with Crippen LogP contribution in [0.5, 0.6) is 0 Å². The van der Waals surface area contributed by atoms with E-state index in [-0.39, 0.29) is 5.78 Å². The van der Waals surface area contributed by atoms with Crippen molar-refractivity contribution in [3.05, 3.63) is 47.3 Å². The Morgan fingerprint density at radius 1 is 1.04 bits per heavy atom. The third-order valence-electron chi connectivity index (χ3n) is 6.39. The summed E-state index contributed by atoms with van der Waals surface area (Å²) in [6, 6.07) is 6.36. The second kappa shape index (κ2) is 5.22. The molecule has 1 aliphatic carbocycles. The third-order valence-corrected chi connectivity index (χ3v) is 6.39. The molecule has 5 rings (SSSR count). The van der Waals surface area contributed by atoms with E-state index in [0.717, 1.165) is 35.9 Å². The van der Waals surface area contributed by atoms with Gasteiger partial charge in [-0.15, -0.1) is 0 Å². The average Bonchev–Trinajstić information content (AvgIpc) is 3.29. The van der Waals surface area contributed by atoms with E-state index in [2.05, 4.69) is 41.3 Å². The molecule has 0 bridgehead atoms. The Morgan fingerprint density at radius 2 is 1.81 bits per heavy atom. The van der Waals surface area contributed by atoms with E-state index in [9.17, 15) is 4.79 Å². The molecule has 4 nitrogen and oxygen atoms in total. The van der Waals surface area contributed by atoms with Crippen molar-refractivity contribution in [2.45, 2.75) is 57.9 Å². The number of fused-ring (bicyclic) bond motifs is 4. The van der Waals surface area contributed by atoms with Crippen LogP contribution in [0.25, 0.3) is 22.2 Å². The van der Waals surface area contributed by atoms with Crippen LogP contribution in [0.1, 0.15) is 50.8 Å². The van der Waals surface area contributed by atoms with Crippen molar-refractivity contribution in [3.63, 3.8) is 0 Å². The fourth-order valence-electron chi connectivity index (χ4n) is 5.12. The van der Waals surface area contributed by atoms with Gasteiger partial charge in [0.1, 0.15) is 0 Å².